The minimum Gasteiger partial charge on any atom is -0.478 e. The van der Waals surface area contributed by atoms with Crippen LogP contribution in [0.4, 0.5) is 39.5 Å². The van der Waals surface area contributed by atoms with E-state index in [4.69, 9.17) is 5.11 Å². The Bertz CT molecular complexity index is 987. The Morgan fingerprint density at radius 3 is 2.10 bits per heavy atom. The van der Waals surface area contributed by atoms with Gasteiger partial charge in [-0.15, -0.1) is 0 Å². The van der Waals surface area contributed by atoms with Crippen LogP contribution in [-0.2, 0) is 6.18 Å². The monoisotopic (exact) mass is 506 g/mol. The van der Waals surface area contributed by atoms with E-state index in [1.807, 2.05) is 0 Å². The van der Waals surface area contributed by atoms with Gasteiger partial charge in [0.25, 0.3) is 0 Å². The molecule has 0 radical (unpaired) electrons. The minimum absolute atomic E-state index is 0.0455. The lowest BCUT2D eigenvalue weighted by molar-refractivity contribution is -0.140. The zero-order valence-electron chi connectivity index (χ0n) is 14.2. The molecule has 0 heterocycles. The number of allylic oxidation sites excluding steroid dienone is 1. The van der Waals surface area contributed by atoms with Crippen molar-refractivity contribution in [2.24, 2.45) is 0 Å². The van der Waals surface area contributed by atoms with Gasteiger partial charge in [0.2, 0.25) is 0 Å². The van der Waals surface area contributed by atoms with Crippen molar-refractivity contribution in [1.29, 1.82) is 0 Å². The van der Waals surface area contributed by atoms with Crippen LogP contribution in [0, 0.1) is 11.6 Å². The molecule has 0 aromatic heterocycles. The van der Waals surface area contributed by atoms with E-state index in [9.17, 15) is 44.3 Å². The Morgan fingerprint density at radius 2 is 1.63 bits per heavy atom. The molecule has 0 aliphatic heterocycles. The highest BCUT2D eigenvalue weighted by atomic mass is 79.9. The molecule has 1 N–H and O–H groups in total. The topological polar surface area (TPSA) is 37.3 Å². The normalized spacial score (nSPS) is 14.0. The maximum absolute atomic E-state index is 14.4. The van der Waals surface area contributed by atoms with Gasteiger partial charge in [0.05, 0.1) is 15.6 Å². The van der Waals surface area contributed by atoms with Gasteiger partial charge in [-0.25, -0.2) is 18.0 Å². The summed E-state index contributed by atoms with van der Waals surface area (Å²) in [7, 11) is 0. The third-order valence-corrected chi connectivity index (χ3v) is 4.44. The molecule has 0 fully saturated rings. The number of carbonyl (C=O) groups is 1. The molecule has 0 aliphatic carbocycles. The Kier molecular flexibility index (Phi) is 6.60. The summed E-state index contributed by atoms with van der Waals surface area (Å²) < 4.78 is 120. The SMILES string of the molecule is O=C(O)c1ccc(/C(F)=C/C(c2cc(F)c(F)c(Br)c2)C(F)(F)F)cc1C(F)(F)F. The van der Waals surface area contributed by atoms with Crippen molar-refractivity contribution < 1.29 is 49.4 Å². The molecule has 0 bridgehead atoms. The maximum Gasteiger partial charge on any atom is 0.417 e. The maximum atomic E-state index is 14.4. The van der Waals surface area contributed by atoms with Crippen molar-refractivity contribution >= 4 is 27.7 Å². The van der Waals surface area contributed by atoms with Crippen molar-refractivity contribution in [2.75, 3.05) is 0 Å². The predicted octanol–water partition coefficient (Wildman–Crippen LogP) is 7.10. The predicted molar refractivity (Wildman–Crippen MR) is 90.3 cm³/mol. The standard InChI is InChI=1S/C18H8BrF9O2/c19-12-4-8(5-14(21)15(12)22)10(17(23,24)25)6-13(20)7-1-2-9(16(29)30)11(3-7)18(26,27)28/h1-6,10H,(H,29,30)/b13-6-. The van der Waals surface area contributed by atoms with Crippen molar-refractivity contribution in [3.63, 3.8) is 0 Å². The molecule has 2 rings (SSSR count). The Labute approximate surface area is 170 Å². The number of hydrogen-bond donors (Lipinski definition) is 1. The van der Waals surface area contributed by atoms with E-state index in [-0.39, 0.29) is 18.2 Å². The Balaban J connectivity index is 2.62. The first-order valence-electron chi connectivity index (χ1n) is 7.66. The number of hydrogen-bond acceptors (Lipinski definition) is 1. The van der Waals surface area contributed by atoms with Crippen LogP contribution in [0.3, 0.4) is 0 Å². The smallest absolute Gasteiger partial charge is 0.417 e. The summed E-state index contributed by atoms with van der Waals surface area (Å²) in [6.07, 6.45) is -10.6. The third kappa shape index (κ3) is 5.15. The second-order valence-corrected chi connectivity index (χ2v) is 6.75. The largest absolute Gasteiger partial charge is 0.478 e. The highest BCUT2D eigenvalue weighted by Crippen LogP contribution is 2.41. The van der Waals surface area contributed by atoms with Gasteiger partial charge in [0, 0.05) is 5.56 Å². The number of halogens is 10. The van der Waals surface area contributed by atoms with Gasteiger partial charge >= 0.3 is 18.3 Å². The van der Waals surface area contributed by atoms with Gasteiger partial charge in [0.15, 0.2) is 11.6 Å². The molecule has 0 saturated heterocycles. The molecular weight excluding hydrogens is 499 g/mol. The number of rotatable bonds is 4. The first kappa shape index (κ1) is 23.8. The molecule has 2 aromatic rings. The van der Waals surface area contributed by atoms with E-state index in [0.29, 0.717) is 18.2 Å². The van der Waals surface area contributed by atoms with Crippen LogP contribution in [0.5, 0.6) is 0 Å². The van der Waals surface area contributed by atoms with Crippen LogP contribution in [0.25, 0.3) is 5.83 Å². The molecule has 0 aliphatic rings. The summed E-state index contributed by atoms with van der Waals surface area (Å²) in [6, 6.07) is 1.72. The van der Waals surface area contributed by atoms with Gasteiger partial charge < -0.3 is 5.11 Å². The van der Waals surface area contributed by atoms with Crippen LogP contribution in [0.2, 0.25) is 0 Å². The van der Waals surface area contributed by atoms with E-state index in [1.54, 1.807) is 0 Å². The lowest BCUT2D eigenvalue weighted by Gasteiger charge is -2.19. The van der Waals surface area contributed by atoms with E-state index < -0.39 is 68.4 Å². The van der Waals surface area contributed by atoms with E-state index in [1.165, 1.54) is 0 Å². The molecule has 0 amide bonds. The molecule has 2 aromatic carbocycles. The van der Waals surface area contributed by atoms with Gasteiger partial charge in [-0.3, -0.25) is 0 Å². The molecule has 2 nitrogen and oxygen atoms in total. The average Bonchev–Trinajstić information content (AvgIpc) is 2.61. The van der Waals surface area contributed by atoms with Crippen LogP contribution < -0.4 is 0 Å². The van der Waals surface area contributed by atoms with Crippen LogP contribution in [0.1, 0.15) is 33.0 Å². The highest BCUT2D eigenvalue weighted by Gasteiger charge is 2.41. The molecule has 12 heteroatoms. The van der Waals surface area contributed by atoms with Crippen molar-refractivity contribution in [3.05, 3.63) is 74.8 Å². The fraction of sp³-hybridized carbons (Fsp3) is 0.167. The van der Waals surface area contributed by atoms with Crippen LogP contribution >= 0.6 is 15.9 Å². The first-order chi connectivity index (χ1) is 13.6. The Morgan fingerprint density at radius 1 is 1.03 bits per heavy atom. The lowest BCUT2D eigenvalue weighted by atomic mass is 9.95. The highest BCUT2D eigenvalue weighted by molar-refractivity contribution is 9.10. The van der Waals surface area contributed by atoms with Gasteiger partial charge in [0.1, 0.15) is 11.7 Å². The molecular formula is C18H8BrF9O2. The van der Waals surface area contributed by atoms with Gasteiger partial charge in [-0.05, 0) is 51.8 Å². The summed E-state index contributed by atoms with van der Waals surface area (Å²) in [5, 5.41) is 8.81. The van der Waals surface area contributed by atoms with Crippen LogP contribution in [0.15, 0.2) is 40.9 Å². The molecule has 30 heavy (non-hydrogen) atoms. The number of alkyl halides is 6. The molecule has 1 atom stereocenters. The van der Waals surface area contributed by atoms with E-state index >= 15 is 0 Å². The number of aromatic carboxylic acids is 1. The number of carboxylic acids is 1. The summed E-state index contributed by atoms with van der Waals surface area (Å²) in [6.45, 7) is 0. The zero-order chi connectivity index (χ0) is 23.0. The number of benzene rings is 2. The third-order valence-electron chi connectivity index (χ3n) is 3.86. The fourth-order valence-corrected chi connectivity index (χ4v) is 2.94. The molecule has 1 unspecified atom stereocenters. The Hall–Kier alpha value is -2.50. The second kappa shape index (κ2) is 8.32. The molecule has 162 valence electrons. The average molecular weight is 507 g/mol. The minimum atomic E-state index is -5.22. The van der Waals surface area contributed by atoms with Gasteiger partial charge in [-0.2, -0.15) is 26.3 Å². The second-order valence-electron chi connectivity index (χ2n) is 5.90. The summed E-state index contributed by atoms with van der Waals surface area (Å²) in [5.74, 6) is -9.73. The quantitative estimate of drug-likeness (QED) is 0.354. The molecule has 0 spiro atoms. The van der Waals surface area contributed by atoms with Gasteiger partial charge in [-0.1, -0.05) is 6.07 Å². The fourth-order valence-electron chi connectivity index (χ4n) is 2.49. The van der Waals surface area contributed by atoms with Crippen LogP contribution in [-0.4, -0.2) is 17.3 Å². The summed E-state index contributed by atoms with van der Waals surface area (Å²) >= 11 is 2.52. The molecule has 0 saturated carbocycles. The lowest BCUT2D eigenvalue weighted by Crippen LogP contribution is -2.20. The number of carboxylic acid groups (broad SMARTS) is 1. The zero-order valence-corrected chi connectivity index (χ0v) is 15.8. The summed E-state index contributed by atoms with van der Waals surface area (Å²) in [5.41, 5.74) is -4.89. The summed E-state index contributed by atoms with van der Waals surface area (Å²) in [4.78, 5) is 10.9. The van der Waals surface area contributed by atoms with Crippen molar-refractivity contribution in [3.8, 4) is 0 Å². The first-order valence-corrected chi connectivity index (χ1v) is 8.45. The van der Waals surface area contributed by atoms with Crippen molar-refractivity contribution in [1.82, 2.24) is 0 Å². The van der Waals surface area contributed by atoms with Crippen molar-refractivity contribution in [2.45, 2.75) is 18.3 Å². The van der Waals surface area contributed by atoms with E-state index in [0.717, 1.165) is 0 Å². The van der Waals surface area contributed by atoms with E-state index in [2.05, 4.69) is 15.9 Å².